The van der Waals surface area contributed by atoms with Gasteiger partial charge in [-0.25, -0.2) is 4.39 Å². The number of carbonyl (C=O) groups excluding carboxylic acids is 1. The zero-order valence-electron chi connectivity index (χ0n) is 16.9. The van der Waals surface area contributed by atoms with Crippen LogP contribution in [-0.2, 0) is 11.2 Å². The maximum absolute atomic E-state index is 14.2. The predicted octanol–water partition coefficient (Wildman–Crippen LogP) is 1.72. The number of hydrogen-bond acceptors (Lipinski definition) is 6. The zero-order valence-corrected chi connectivity index (χ0v) is 16.9. The summed E-state index contributed by atoms with van der Waals surface area (Å²) in [5, 5.41) is 6.22. The van der Waals surface area contributed by atoms with Crippen LogP contribution >= 0.6 is 0 Å². The van der Waals surface area contributed by atoms with E-state index < -0.39 is 12.1 Å². The first kappa shape index (κ1) is 20.6. The van der Waals surface area contributed by atoms with Gasteiger partial charge in [-0.1, -0.05) is 12.1 Å². The van der Waals surface area contributed by atoms with E-state index >= 15 is 0 Å². The molecule has 160 valence electrons. The van der Waals surface area contributed by atoms with Gasteiger partial charge in [0.25, 0.3) is 5.91 Å². The molecule has 0 radical (unpaired) electrons. The number of primary amides is 1. The summed E-state index contributed by atoms with van der Waals surface area (Å²) in [5.74, 6) is -0.573. The van der Waals surface area contributed by atoms with Gasteiger partial charge >= 0.3 is 0 Å². The largest absolute Gasteiger partial charge is 0.379 e. The van der Waals surface area contributed by atoms with Gasteiger partial charge in [0.15, 0.2) is 0 Å². The van der Waals surface area contributed by atoms with Crippen molar-refractivity contribution >= 4 is 17.3 Å². The number of ether oxygens (including phenoxy) is 1. The third-order valence-corrected chi connectivity index (χ3v) is 5.67. The first-order valence-corrected chi connectivity index (χ1v) is 10.4. The summed E-state index contributed by atoms with van der Waals surface area (Å²) in [6.07, 6.45) is 1.71. The van der Waals surface area contributed by atoms with Gasteiger partial charge < -0.3 is 26.0 Å². The summed E-state index contributed by atoms with van der Waals surface area (Å²) in [5.41, 5.74) is 9.43. The van der Waals surface area contributed by atoms with Crippen LogP contribution in [-0.4, -0.2) is 62.5 Å². The summed E-state index contributed by atoms with van der Waals surface area (Å²) in [7, 11) is 0. The molecule has 2 fully saturated rings. The molecule has 0 bridgehead atoms. The van der Waals surface area contributed by atoms with Crippen molar-refractivity contribution in [2.75, 3.05) is 49.6 Å². The monoisotopic (exact) mass is 413 g/mol. The van der Waals surface area contributed by atoms with Crippen molar-refractivity contribution < 1.29 is 13.9 Å². The van der Waals surface area contributed by atoms with E-state index in [0.29, 0.717) is 25.1 Å². The number of aromatic nitrogens is 1. The highest BCUT2D eigenvalue weighted by Gasteiger charge is 2.25. The molecule has 2 aliphatic heterocycles. The fraction of sp³-hybridized carbons (Fsp3) is 0.455. The van der Waals surface area contributed by atoms with E-state index in [9.17, 15) is 9.18 Å². The van der Waals surface area contributed by atoms with Crippen LogP contribution in [0.4, 0.5) is 15.8 Å². The summed E-state index contributed by atoms with van der Waals surface area (Å²) in [6, 6.07) is 9.86. The van der Waals surface area contributed by atoms with Crippen LogP contribution in [0.5, 0.6) is 0 Å². The normalized spacial score (nSPS) is 22.0. The molecular formula is C22H28FN5O2. The lowest BCUT2D eigenvalue weighted by molar-refractivity contribution is 0.100. The fourth-order valence-corrected chi connectivity index (χ4v) is 3.95. The molecule has 1 aromatic carbocycles. The first-order chi connectivity index (χ1) is 14.6. The van der Waals surface area contributed by atoms with E-state index in [0.717, 1.165) is 44.1 Å². The van der Waals surface area contributed by atoms with Crippen LogP contribution in [0.2, 0.25) is 0 Å². The third-order valence-electron chi connectivity index (χ3n) is 5.67. The molecule has 2 atom stereocenters. The Hall–Kier alpha value is -2.71. The summed E-state index contributed by atoms with van der Waals surface area (Å²) in [4.78, 5) is 18.5. The number of nitrogens with two attached hydrogens (primary N) is 1. The Morgan fingerprint density at radius 3 is 2.77 bits per heavy atom. The van der Waals surface area contributed by atoms with Gasteiger partial charge in [0.2, 0.25) is 0 Å². The van der Waals surface area contributed by atoms with Crippen LogP contribution in [0.15, 0.2) is 36.5 Å². The molecule has 3 heterocycles. The quantitative estimate of drug-likeness (QED) is 0.668. The summed E-state index contributed by atoms with van der Waals surface area (Å²) < 4.78 is 19.6. The fourth-order valence-electron chi connectivity index (χ4n) is 3.95. The number of carbonyl (C=O) groups is 1. The molecule has 8 heteroatoms. The highest BCUT2D eigenvalue weighted by molar-refractivity contribution is 5.98. The van der Waals surface area contributed by atoms with Crippen molar-refractivity contribution in [2.45, 2.75) is 25.1 Å². The second-order valence-corrected chi connectivity index (χ2v) is 7.79. The van der Waals surface area contributed by atoms with Gasteiger partial charge in [0, 0.05) is 43.6 Å². The van der Waals surface area contributed by atoms with Crippen molar-refractivity contribution in [3.63, 3.8) is 0 Å². The molecule has 0 aliphatic carbocycles. The summed E-state index contributed by atoms with van der Waals surface area (Å²) >= 11 is 0. The number of amides is 1. The second kappa shape index (κ2) is 9.40. The minimum absolute atomic E-state index is 0.284. The number of halogens is 1. The van der Waals surface area contributed by atoms with Crippen molar-refractivity contribution in [1.29, 1.82) is 0 Å². The molecular weight excluding hydrogens is 385 g/mol. The molecule has 1 aromatic heterocycles. The van der Waals surface area contributed by atoms with Gasteiger partial charge in [-0.15, -0.1) is 0 Å². The van der Waals surface area contributed by atoms with Crippen LogP contribution in [0.25, 0.3) is 0 Å². The molecule has 0 spiro atoms. The van der Waals surface area contributed by atoms with E-state index in [1.807, 2.05) is 6.07 Å². The SMILES string of the molecule is NC(=O)c1cnc(Cc2ccc(N3CCOCC3)cc2)cc1N[C@@H]1CCNC[C@@H]1F. The highest BCUT2D eigenvalue weighted by Crippen LogP contribution is 2.23. The molecule has 2 aliphatic rings. The van der Waals surface area contributed by atoms with Crippen molar-refractivity contribution in [2.24, 2.45) is 5.73 Å². The Morgan fingerprint density at radius 2 is 2.07 bits per heavy atom. The lowest BCUT2D eigenvalue weighted by Gasteiger charge is -2.29. The van der Waals surface area contributed by atoms with Gasteiger partial charge in [-0.3, -0.25) is 9.78 Å². The number of pyridine rings is 1. The molecule has 0 unspecified atom stereocenters. The topological polar surface area (TPSA) is 92.5 Å². The lowest BCUT2D eigenvalue weighted by Crippen LogP contribution is -2.45. The number of hydrogen-bond donors (Lipinski definition) is 3. The van der Waals surface area contributed by atoms with E-state index in [1.54, 1.807) is 0 Å². The number of anilines is 2. The Kier molecular flexibility index (Phi) is 6.44. The van der Waals surface area contributed by atoms with Gasteiger partial charge in [-0.2, -0.15) is 0 Å². The Morgan fingerprint density at radius 1 is 1.30 bits per heavy atom. The highest BCUT2D eigenvalue weighted by atomic mass is 19.1. The number of morpholine rings is 1. The van der Waals surface area contributed by atoms with Crippen LogP contribution in [0.1, 0.15) is 28.0 Å². The maximum Gasteiger partial charge on any atom is 0.252 e. The molecule has 2 saturated heterocycles. The Labute approximate surface area is 175 Å². The number of rotatable bonds is 6. The molecule has 4 rings (SSSR count). The molecule has 4 N–H and O–H groups in total. The smallest absolute Gasteiger partial charge is 0.252 e. The molecule has 2 aromatic rings. The number of alkyl halides is 1. The van der Waals surface area contributed by atoms with Crippen LogP contribution < -0.4 is 21.3 Å². The second-order valence-electron chi connectivity index (χ2n) is 7.79. The molecule has 30 heavy (non-hydrogen) atoms. The van der Waals surface area contributed by atoms with Crippen LogP contribution in [0.3, 0.4) is 0 Å². The van der Waals surface area contributed by atoms with Crippen molar-refractivity contribution in [1.82, 2.24) is 10.3 Å². The van der Waals surface area contributed by atoms with E-state index in [4.69, 9.17) is 10.5 Å². The van der Waals surface area contributed by atoms with Crippen LogP contribution in [0, 0.1) is 0 Å². The molecule has 7 nitrogen and oxygen atoms in total. The van der Waals surface area contributed by atoms with E-state index in [-0.39, 0.29) is 11.6 Å². The van der Waals surface area contributed by atoms with Gasteiger partial charge in [0.1, 0.15) is 6.17 Å². The molecule has 0 saturated carbocycles. The average Bonchev–Trinajstić information content (AvgIpc) is 2.76. The predicted molar refractivity (Wildman–Crippen MR) is 115 cm³/mol. The van der Waals surface area contributed by atoms with E-state index in [1.165, 1.54) is 11.9 Å². The summed E-state index contributed by atoms with van der Waals surface area (Å²) in [6.45, 7) is 4.34. The minimum Gasteiger partial charge on any atom is -0.379 e. The zero-order chi connectivity index (χ0) is 20.9. The van der Waals surface area contributed by atoms with Gasteiger partial charge in [0.05, 0.1) is 30.5 Å². The first-order valence-electron chi connectivity index (χ1n) is 10.4. The Bertz CT molecular complexity index is 870. The maximum atomic E-state index is 14.2. The number of nitrogens with one attached hydrogen (secondary N) is 2. The van der Waals surface area contributed by atoms with Crippen molar-refractivity contribution in [3.8, 4) is 0 Å². The molecule has 1 amide bonds. The standard InChI is InChI=1S/C22H28FN5O2/c23-19-14-25-6-5-20(19)27-21-12-16(26-13-18(21)22(24)29)11-15-1-3-17(4-2-15)28-7-9-30-10-8-28/h1-4,12-13,19-20,25H,5-11,14H2,(H2,24,29)(H,26,27)/t19-,20+/m0/s1. The number of piperidine rings is 1. The third kappa shape index (κ3) is 4.88. The Balaban J connectivity index is 1.49. The minimum atomic E-state index is -1.02. The van der Waals surface area contributed by atoms with Crippen molar-refractivity contribution in [3.05, 3.63) is 53.3 Å². The number of benzene rings is 1. The van der Waals surface area contributed by atoms with E-state index in [2.05, 4.69) is 44.8 Å². The lowest BCUT2D eigenvalue weighted by atomic mass is 10.0. The average molecular weight is 413 g/mol. The number of nitrogens with zero attached hydrogens (tertiary/aromatic N) is 2. The van der Waals surface area contributed by atoms with Gasteiger partial charge in [-0.05, 0) is 36.7 Å².